The van der Waals surface area contributed by atoms with Gasteiger partial charge in [-0.25, -0.2) is 0 Å². The molecule has 0 saturated carbocycles. The third-order valence-corrected chi connectivity index (χ3v) is 4.74. The molecule has 1 N–H and O–H groups in total. The first-order valence-electron chi connectivity index (χ1n) is 6.71. The number of fused-ring (bicyclic) bond motifs is 2. The molecule has 0 aromatic heterocycles. The lowest BCUT2D eigenvalue weighted by atomic mass is 9.81. The minimum absolute atomic E-state index is 0.528. The topological polar surface area (TPSA) is 32.7 Å². The third kappa shape index (κ3) is 1.82. The molecule has 0 radical (unpaired) electrons. The van der Waals surface area contributed by atoms with Gasteiger partial charge in [-0.2, -0.15) is 0 Å². The summed E-state index contributed by atoms with van der Waals surface area (Å²) in [4.78, 5) is 2.44. The number of methoxy groups -OCH3 is 1. The number of piperidine rings is 1. The maximum absolute atomic E-state index is 11.0. The summed E-state index contributed by atoms with van der Waals surface area (Å²) < 4.78 is 5.26. The molecule has 0 aliphatic carbocycles. The molecule has 2 heterocycles. The quantitative estimate of drug-likeness (QED) is 0.869. The van der Waals surface area contributed by atoms with Crippen molar-refractivity contribution in [1.29, 1.82) is 0 Å². The first-order valence-corrected chi connectivity index (χ1v) is 6.71. The van der Waals surface area contributed by atoms with Crippen LogP contribution in [0.1, 0.15) is 31.2 Å². The first kappa shape index (κ1) is 12.0. The number of ether oxygens (including phenoxy) is 1. The van der Waals surface area contributed by atoms with Gasteiger partial charge in [0, 0.05) is 12.1 Å². The van der Waals surface area contributed by atoms with Gasteiger partial charge < -0.3 is 14.7 Å². The van der Waals surface area contributed by atoms with E-state index in [4.69, 9.17) is 4.74 Å². The molecular formula is C15H21NO2. The molecule has 2 unspecified atom stereocenters. The molecule has 1 aromatic rings. The van der Waals surface area contributed by atoms with Gasteiger partial charge in [0.1, 0.15) is 5.75 Å². The van der Waals surface area contributed by atoms with E-state index in [-0.39, 0.29) is 0 Å². The normalized spacial score (nSPS) is 35.7. The molecular weight excluding hydrogens is 226 g/mol. The van der Waals surface area contributed by atoms with Crippen LogP contribution in [0.15, 0.2) is 24.3 Å². The van der Waals surface area contributed by atoms with Gasteiger partial charge in [0.2, 0.25) is 0 Å². The second kappa shape index (κ2) is 4.25. The highest BCUT2D eigenvalue weighted by Gasteiger charge is 2.46. The Morgan fingerprint density at radius 3 is 2.56 bits per heavy atom. The summed E-state index contributed by atoms with van der Waals surface area (Å²) in [6, 6.07) is 8.95. The van der Waals surface area contributed by atoms with Crippen molar-refractivity contribution in [3.05, 3.63) is 29.8 Å². The SMILES string of the molecule is COc1cccc(C2(O)CC3CCC(C2)N3C)c1. The van der Waals surface area contributed by atoms with Crippen LogP contribution in [-0.2, 0) is 5.60 Å². The molecule has 3 nitrogen and oxygen atoms in total. The average Bonchev–Trinajstić information content (AvgIpc) is 2.63. The van der Waals surface area contributed by atoms with Crippen LogP contribution in [0.25, 0.3) is 0 Å². The van der Waals surface area contributed by atoms with E-state index >= 15 is 0 Å². The van der Waals surface area contributed by atoms with Gasteiger partial charge in [-0.05, 0) is 50.4 Å². The zero-order chi connectivity index (χ0) is 12.8. The Balaban J connectivity index is 1.91. The third-order valence-electron chi connectivity index (χ3n) is 4.74. The van der Waals surface area contributed by atoms with E-state index in [1.54, 1.807) is 7.11 Å². The molecule has 2 aliphatic rings. The van der Waals surface area contributed by atoms with Gasteiger partial charge in [0.25, 0.3) is 0 Å². The van der Waals surface area contributed by atoms with Crippen LogP contribution in [0, 0.1) is 0 Å². The van der Waals surface area contributed by atoms with Crippen molar-refractivity contribution in [1.82, 2.24) is 4.90 Å². The lowest BCUT2D eigenvalue weighted by molar-refractivity contribution is -0.0494. The van der Waals surface area contributed by atoms with Crippen LogP contribution < -0.4 is 4.74 Å². The molecule has 2 saturated heterocycles. The van der Waals surface area contributed by atoms with Crippen LogP contribution in [-0.4, -0.2) is 36.2 Å². The molecule has 3 rings (SSSR count). The highest BCUT2D eigenvalue weighted by Crippen LogP contribution is 2.45. The Labute approximate surface area is 108 Å². The molecule has 2 fully saturated rings. The monoisotopic (exact) mass is 247 g/mol. The Hall–Kier alpha value is -1.06. The average molecular weight is 247 g/mol. The van der Waals surface area contributed by atoms with Crippen molar-refractivity contribution in [2.45, 2.75) is 43.4 Å². The van der Waals surface area contributed by atoms with Gasteiger partial charge in [0.05, 0.1) is 12.7 Å². The van der Waals surface area contributed by atoms with Crippen LogP contribution in [0.5, 0.6) is 5.75 Å². The van der Waals surface area contributed by atoms with Gasteiger partial charge >= 0.3 is 0 Å². The molecule has 2 aliphatic heterocycles. The number of hydrogen-bond acceptors (Lipinski definition) is 3. The Kier molecular flexibility index (Phi) is 2.83. The number of hydrogen-bond donors (Lipinski definition) is 1. The molecule has 1 aromatic carbocycles. The van der Waals surface area contributed by atoms with Crippen LogP contribution in [0.2, 0.25) is 0 Å². The maximum atomic E-state index is 11.0. The minimum Gasteiger partial charge on any atom is -0.497 e. The largest absolute Gasteiger partial charge is 0.497 e. The van der Waals surface area contributed by atoms with E-state index in [0.29, 0.717) is 12.1 Å². The summed E-state index contributed by atoms with van der Waals surface area (Å²) in [5.41, 5.74) is 0.333. The van der Waals surface area contributed by atoms with E-state index in [2.05, 4.69) is 11.9 Å². The van der Waals surface area contributed by atoms with Crippen LogP contribution in [0.4, 0.5) is 0 Å². The van der Waals surface area contributed by atoms with Crippen molar-refractivity contribution < 1.29 is 9.84 Å². The summed E-state index contributed by atoms with van der Waals surface area (Å²) in [7, 11) is 3.86. The van der Waals surface area contributed by atoms with Crippen LogP contribution >= 0.6 is 0 Å². The Bertz CT molecular complexity index is 432. The fourth-order valence-electron chi connectivity index (χ4n) is 3.59. The molecule has 2 atom stereocenters. The standard InChI is InChI=1S/C15H21NO2/c1-16-12-6-7-13(16)10-15(17,9-12)11-4-3-5-14(8-11)18-2/h3-5,8,12-13,17H,6-7,9-10H2,1-2H3. The van der Waals surface area contributed by atoms with Crippen molar-refractivity contribution in [2.24, 2.45) is 0 Å². The summed E-state index contributed by atoms with van der Waals surface area (Å²) in [5.74, 6) is 0.826. The van der Waals surface area contributed by atoms with Crippen LogP contribution in [0.3, 0.4) is 0 Å². The van der Waals surface area contributed by atoms with Gasteiger partial charge in [-0.15, -0.1) is 0 Å². The highest BCUT2D eigenvalue weighted by molar-refractivity contribution is 5.33. The van der Waals surface area contributed by atoms with Crippen molar-refractivity contribution >= 4 is 0 Å². The smallest absolute Gasteiger partial charge is 0.119 e. The molecule has 0 spiro atoms. The number of aliphatic hydroxyl groups is 1. The molecule has 98 valence electrons. The fourth-order valence-corrected chi connectivity index (χ4v) is 3.59. The summed E-state index contributed by atoms with van der Waals surface area (Å²) in [6.45, 7) is 0. The highest BCUT2D eigenvalue weighted by atomic mass is 16.5. The summed E-state index contributed by atoms with van der Waals surface area (Å²) in [6.07, 6.45) is 4.11. The summed E-state index contributed by atoms with van der Waals surface area (Å²) >= 11 is 0. The van der Waals surface area contributed by atoms with Crippen molar-refractivity contribution in [3.63, 3.8) is 0 Å². The van der Waals surface area contributed by atoms with Gasteiger partial charge in [-0.1, -0.05) is 12.1 Å². The Morgan fingerprint density at radius 1 is 1.28 bits per heavy atom. The maximum Gasteiger partial charge on any atom is 0.119 e. The van der Waals surface area contributed by atoms with Crippen molar-refractivity contribution in [3.8, 4) is 5.75 Å². The second-order valence-corrected chi connectivity index (χ2v) is 5.72. The van der Waals surface area contributed by atoms with Crippen molar-refractivity contribution in [2.75, 3.05) is 14.2 Å². The predicted octanol–water partition coefficient (Wildman–Crippen LogP) is 2.14. The second-order valence-electron chi connectivity index (χ2n) is 5.72. The number of nitrogens with zero attached hydrogens (tertiary/aromatic N) is 1. The van der Waals surface area contributed by atoms with E-state index in [0.717, 1.165) is 24.2 Å². The molecule has 18 heavy (non-hydrogen) atoms. The fraction of sp³-hybridized carbons (Fsp3) is 0.600. The zero-order valence-corrected chi connectivity index (χ0v) is 11.1. The zero-order valence-electron chi connectivity index (χ0n) is 11.1. The number of rotatable bonds is 2. The lowest BCUT2D eigenvalue weighted by Gasteiger charge is -2.42. The first-order chi connectivity index (χ1) is 8.62. The molecule has 3 heteroatoms. The summed E-state index contributed by atoms with van der Waals surface area (Å²) in [5, 5.41) is 11.0. The Morgan fingerprint density at radius 2 is 1.94 bits per heavy atom. The van der Waals surface area contributed by atoms with Gasteiger partial charge in [0.15, 0.2) is 0 Å². The van der Waals surface area contributed by atoms with E-state index in [1.807, 2.05) is 24.3 Å². The molecule has 2 bridgehead atoms. The predicted molar refractivity (Wildman–Crippen MR) is 70.7 cm³/mol. The molecule has 0 amide bonds. The van der Waals surface area contributed by atoms with E-state index in [9.17, 15) is 5.11 Å². The number of benzene rings is 1. The lowest BCUT2D eigenvalue weighted by Crippen LogP contribution is -2.47. The van der Waals surface area contributed by atoms with E-state index in [1.165, 1.54) is 12.8 Å². The van der Waals surface area contributed by atoms with Gasteiger partial charge in [-0.3, -0.25) is 0 Å². The minimum atomic E-state index is -0.674. The van der Waals surface area contributed by atoms with E-state index < -0.39 is 5.60 Å².